The van der Waals surface area contributed by atoms with Crippen LogP contribution in [0, 0.1) is 0 Å². The number of nitrogens with zero attached hydrogens (tertiary/aromatic N) is 2. The number of hydrogen-bond acceptors (Lipinski definition) is 6. The van der Waals surface area contributed by atoms with Crippen molar-refractivity contribution in [1.29, 1.82) is 0 Å². The van der Waals surface area contributed by atoms with Crippen LogP contribution in [-0.4, -0.2) is 80.4 Å². The van der Waals surface area contributed by atoms with Crippen LogP contribution in [0.5, 0.6) is 0 Å². The largest absolute Gasteiger partial charge is 0.395 e. The van der Waals surface area contributed by atoms with Crippen LogP contribution in [0.1, 0.15) is 19.3 Å². The molecule has 0 spiro atoms. The van der Waals surface area contributed by atoms with Crippen molar-refractivity contribution in [2.24, 2.45) is 17.2 Å². The topological polar surface area (TPSA) is 105 Å². The van der Waals surface area contributed by atoms with Gasteiger partial charge in [0.05, 0.1) is 6.61 Å². The molecule has 6 heteroatoms. The van der Waals surface area contributed by atoms with Crippen molar-refractivity contribution in [3.63, 3.8) is 0 Å². The van der Waals surface area contributed by atoms with Gasteiger partial charge >= 0.3 is 0 Å². The third-order valence-electron chi connectivity index (χ3n) is 3.20. The molecule has 0 aliphatic heterocycles. The normalized spacial score (nSPS) is 11.7. The zero-order valence-corrected chi connectivity index (χ0v) is 12.3. The molecule has 0 saturated heterocycles. The maximum absolute atomic E-state index is 8.94. The molecule has 19 heavy (non-hydrogen) atoms. The van der Waals surface area contributed by atoms with Gasteiger partial charge in [0.1, 0.15) is 0 Å². The molecule has 0 heterocycles. The zero-order chi connectivity index (χ0) is 14.3. The van der Waals surface area contributed by atoms with Gasteiger partial charge in [-0.05, 0) is 25.9 Å². The Balaban J connectivity index is 3.59. The van der Waals surface area contributed by atoms with Gasteiger partial charge in [0.25, 0.3) is 0 Å². The first-order chi connectivity index (χ1) is 9.28. The lowest BCUT2D eigenvalue weighted by molar-refractivity contribution is 0.195. The molecule has 0 rings (SSSR count). The van der Waals surface area contributed by atoms with E-state index in [1.165, 1.54) is 12.8 Å². The van der Waals surface area contributed by atoms with E-state index in [0.29, 0.717) is 19.6 Å². The Kier molecular flexibility index (Phi) is 14.0. The Morgan fingerprint density at radius 3 is 1.37 bits per heavy atom. The van der Waals surface area contributed by atoms with Gasteiger partial charge in [-0.25, -0.2) is 0 Å². The van der Waals surface area contributed by atoms with E-state index in [4.69, 9.17) is 22.3 Å². The Hall–Kier alpha value is -0.240. The molecule has 0 aromatic heterocycles. The molecule has 0 radical (unpaired) electrons. The lowest BCUT2D eigenvalue weighted by Gasteiger charge is -2.22. The van der Waals surface area contributed by atoms with E-state index in [-0.39, 0.29) is 6.61 Å². The Morgan fingerprint density at radius 1 is 0.579 bits per heavy atom. The van der Waals surface area contributed by atoms with Crippen LogP contribution < -0.4 is 17.2 Å². The molecular weight excluding hydrogens is 242 g/mol. The third-order valence-corrected chi connectivity index (χ3v) is 3.20. The van der Waals surface area contributed by atoms with Crippen LogP contribution in [-0.2, 0) is 0 Å². The summed E-state index contributed by atoms with van der Waals surface area (Å²) in [5.74, 6) is 0. The number of rotatable bonds is 14. The van der Waals surface area contributed by atoms with Gasteiger partial charge in [0.2, 0.25) is 0 Å². The minimum absolute atomic E-state index is 0.209. The number of aliphatic hydroxyl groups is 1. The highest BCUT2D eigenvalue weighted by Crippen LogP contribution is 2.01. The second-order valence-corrected chi connectivity index (χ2v) is 4.83. The molecule has 0 atom stereocenters. The van der Waals surface area contributed by atoms with Crippen molar-refractivity contribution in [3.05, 3.63) is 0 Å². The van der Waals surface area contributed by atoms with Gasteiger partial charge in [-0.2, -0.15) is 0 Å². The summed E-state index contributed by atoms with van der Waals surface area (Å²) in [7, 11) is 0. The van der Waals surface area contributed by atoms with Crippen LogP contribution in [0.25, 0.3) is 0 Å². The Bertz CT molecular complexity index is 152. The maximum Gasteiger partial charge on any atom is 0.0558 e. The fourth-order valence-electron chi connectivity index (χ4n) is 2.21. The van der Waals surface area contributed by atoms with E-state index >= 15 is 0 Å². The Morgan fingerprint density at radius 2 is 1.00 bits per heavy atom. The number of unbranched alkanes of at least 4 members (excludes halogenated alkanes) is 2. The summed E-state index contributed by atoms with van der Waals surface area (Å²) in [4.78, 5) is 4.54. The molecule has 0 aromatic carbocycles. The second kappa shape index (κ2) is 14.2. The number of hydrogen-bond donors (Lipinski definition) is 4. The highest BCUT2D eigenvalue weighted by atomic mass is 16.3. The maximum atomic E-state index is 8.94. The monoisotopic (exact) mass is 275 g/mol. The molecule has 6 nitrogen and oxygen atoms in total. The quantitative estimate of drug-likeness (QED) is 0.292. The molecule has 0 fully saturated rings. The minimum Gasteiger partial charge on any atom is -0.395 e. The molecule has 0 aliphatic carbocycles. The molecule has 0 unspecified atom stereocenters. The fraction of sp³-hybridized carbons (Fsp3) is 1.00. The summed E-state index contributed by atoms with van der Waals surface area (Å²) in [5.41, 5.74) is 16.7. The molecule has 0 bridgehead atoms. The van der Waals surface area contributed by atoms with Gasteiger partial charge in [-0.15, -0.1) is 0 Å². The number of nitrogens with two attached hydrogens (primary N) is 3. The van der Waals surface area contributed by atoms with Gasteiger partial charge in [0, 0.05) is 45.8 Å². The van der Waals surface area contributed by atoms with Crippen LogP contribution in [0.3, 0.4) is 0 Å². The smallest absolute Gasteiger partial charge is 0.0558 e. The first-order valence-corrected chi connectivity index (χ1v) is 7.44. The SMILES string of the molecule is NCCN(CCN)CCCCCN(CCN)CCO. The summed E-state index contributed by atoms with van der Waals surface area (Å²) in [6.45, 7) is 7.80. The van der Waals surface area contributed by atoms with E-state index in [2.05, 4.69) is 9.80 Å². The predicted molar refractivity (Wildman–Crippen MR) is 81.0 cm³/mol. The summed E-state index contributed by atoms with van der Waals surface area (Å²) in [6, 6.07) is 0. The average molecular weight is 275 g/mol. The van der Waals surface area contributed by atoms with Crippen molar-refractivity contribution in [2.75, 3.05) is 65.5 Å². The standard InChI is InChI=1S/C13H33N5O/c14-4-9-17(10-5-15)7-2-1-3-8-18(11-6-16)12-13-19/h19H,1-16H2. The second-order valence-electron chi connectivity index (χ2n) is 4.83. The third kappa shape index (κ3) is 11.3. The van der Waals surface area contributed by atoms with Crippen molar-refractivity contribution >= 4 is 0 Å². The first-order valence-electron chi connectivity index (χ1n) is 7.44. The van der Waals surface area contributed by atoms with Crippen molar-refractivity contribution in [2.45, 2.75) is 19.3 Å². The van der Waals surface area contributed by atoms with Gasteiger partial charge in [0.15, 0.2) is 0 Å². The van der Waals surface area contributed by atoms with Crippen LogP contribution in [0.15, 0.2) is 0 Å². The average Bonchev–Trinajstić information content (AvgIpc) is 2.39. The van der Waals surface area contributed by atoms with E-state index in [0.717, 1.165) is 45.7 Å². The summed E-state index contributed by atoms with van der Waals surface area (Å²) in [6.07, 6.45) is 3.52. The van der Waals surface area contributed by atoms with E-state index in [1.54, 1.807) is 0 Å². The highest BCUT2D eigenvalue weighted by molar-refractivity contribution is 4.61. The summed E-state index contributed by atoms with van der Waals surface area (Å²) < 4.78 is 0. The molecule has 116 valence electrons. The lowest BCUT2D eigenvalue weighted by atomic mass is 10.2. The van der Waals surface area contributed by atoms with Crippen LogP contribution in [0.2, 0.25) is 0 Å². The van der Waals surface area contributed by atoms with E-state index in [9.17, 15) is 0 Å². The first kappa shape index (κ1) is 18.8. The van der Waals surface area contributed by atoms with E-state index in [1.807, 2.05) is 0 Å². The van der Waals surface area contributed by atoms with Gasteiger partial charge < -0.3 is 27.2 Å². The van der Waals surface area contributed by atoms with Crippen molar-refractivity contribution in [1.82, 2.24) is 9.80 Å². The molecule has 7 N–H and O–H groups in total. The van der Waals surface area contributed by atoms with Gasteiger partial charge in [-0.3, -0.25) is 4.90 Å². The van der Waals surface area contributed by atoms with Crippen molar-refractivity contribution in [3.8, 4) is 0 Å². The van der Waals surface area contributed by atoms with Gasteiger partial charge in [-0.1, -0.05) is 6.42 Å². The number of aliphatic hydroxyl groups excluding tert-OH is 1. The zero-order valence-electron chi connectivity index (χ0n) is 12.3. The van der Waals surface area contributed by atoms with E-state index < -0.39 is 0 Å². The molecule has 0 amide bonds. The predicted octanol–water partition coefficient (Wildman–Crippen LogP) is -1.37. The lowest BCUT2D eigenvalue weighted by Crippen LogP contribution is -2.35. The minimum atomic E-state index is 0.209. The molecule has 0 aromatic rings. The highest BCUT2D eigenvalue weighted by Gasteiger charge is 2.04. The fourth-order valence-corrected chi connectivity index (χ4v) is 2.21. The summed E-state index contributed by atoms with van der Waals surface area (Å²) in [5, 5.41) is 8.94. The Labute approximate surface area is 117 Å². The van der Waals surface area contributed by atoms with Crippen LogP contribution in [0.4, 0.5) is 0 Å². The molecule has 0 saturated carbocycles. The van der Waals surface area contributed by atoms with Crippen LogP contribution >= 0.6 is 0 Å². The molecule has 0 aliphatic rings. The van der Waals surface area contributed by atoms with Crippen molar-refractivity contribution < 1.29 is 5.11 Å². The summed E-state index contributed by atoms with van der Waals surface area (Å²) >= 11 is 0. The molecular formula is C13H33N5O.